The summed E-state index contributed by atoms with van der Waals surface area (Å²) in [5, 5.41) is 6.87. The molecule has 7 heteroatoms. The maximum absolute atomic E-state index is 5.74. The number of benzene rings is 1. The van der Waals surface area contributed by atoms with Crippen LogP contribution in [-0.4, -0.2) is 59.2 Å². The van der Waals surface area contributed by atoms with E-state index < -0.39 is 0 Å². The third-order valence-electron chi connectivity index (χ3n) is 5.49. The van der Waals surface area contributed by atoms with Crippen molar-refractivity contribution >= 4 is 11.6 Å². The SMILES string of the molecule is CC1CCN(CCCN=C(NCCn2ccnc2)Nc2ccc(OC(C)C)cc2)CC1. The van der Waals surface area contributed by atoms with Gasteiger partial charge in [-0.15, -0.1) is 0 Å². The van der Waals surface area contributed by atoms with Crippen molar-refractivity contribution in [2.45, 2.75) is 52.7 Å². The zero-order valence-electron chi connectivity index (χ0n) is 19.3. The molecule has 0 radical (unpaired) electrons. The molecule has 2 N–H and O–H groups in total. The molecule has 0 atom stereocenters. The Labute approximate surface area is 186 Å². The van der Waals surface area contributed by atoms with Gasteiger partial charge in [0.25, 0.3) is 0 Å². The Balaban J connectivity index is 1.51. The molecule has 1 aliphatic rings. The smallest absolute Gasteiger partial charge is 0.195 e. The number of aromatic nitrogens is 2. The summed E-state index contributed by atoms with van der Waals surface area (Å²) in [5.41, 5.74) is 0.995. The molecule has 1 fully saturated rings. The number of imidazole rings is 1. The number of hydrogen-bond donors (Lipinski definition) is 2. The summed E-state index contributed by atoms with van der Waals surface area (Å²) in [6, 6.07) is 8.03. The minimum Gasteiger partial charge on any atom is -0.491 e. The van der Waals surface area contributed by atoms with E-state index in [2.05, 4.69) is 32.0 Å². The van der Waals surface area contributed by atoms with Crippen LogP contribution in [0.2, 0.25) is 0 Å². The molecule has 31 heavy (non-hydrogen) atoms. The Morgan fingerprint density at radius 1 is 1.19 bits per heavy atom. The molecule has 1 aromatic carbocycles. The van der Waals surface area contributed by atoms with Crippen molar-refractivity contribution in [2.24, 2.45) is 10.9 Å². The second-order valence-corrected chi connectivity index (χ2v) is 8.65. The molecule has 1 saturated heterocycles. The molecule has 170 valence electrons. The van der Waals surface area contributed by atoms with Crippen molar-refractivity contribution < 1.29 is 4.74 Å². The van der Waals surface area contributed by atoms with Crippen LogP contribution in [-0.2, 0) is 6.54 Å². The van der Waals surface area contributed by atoms with E-state index in [9.17, 15) is 0 Å². The minimum atomic E-state index is 0.170. The van der Waals surface area contributed by atoms with Crippen molar-refractivity contribution in [1.82, 2.24) is 19.8 Å². The Morgan fingerprint density at radius 3 is 2.65 bits per heavy atom. The van der Waals surface area contributed by atoms with Crippen molar-refractivity contribution in [1.29, 1.82) is 0 Å². The first kappa shape index (κ1) is 23.1. The van der Waals surface area contributed by atoms with Gasteiger partial charge in [0, 0.05) is 37.7 Å². The summed E-state index contributed by atoms with van der Waals surface area (Å²) in [5.74, 6) is 2.56. The number of guanidine groups is 1. The summed E-state index contributed by atoms with van der Waals surface area (Å²) < 4.78 is 7.79. The van der Waals surface area contributed by atoms with Crippen LogP contribution < -0.4 is 15.4 Å². The molecule has 0 unspecified atom stereocenters. The quantitative estimate of drug-likeness (QED) is 0.343. The van der Waals surface area contributed by atoms with Gasteiger partial charge in [0.05, 0.1) is 12.4 Å². The van der Waals surface area contributed by atoms with Gasteiger partial charge in [0.1, 0.15) is 5.75 Å². The van der Waals surface area contributed by atoms with Gasteiger partial charge in [-0.05, 0) is 82.9 Å². The highest BCUT2D eigenvalue weighted by molar-refractivity contribution is 5.93. The lowest BCUT2D eigenvalue weighted by molar-refractivity contribution is 0.192. The van der Waals surface area contributed by atoms with Crippen LogP contribution in [0.4, 0.5) is 5.69 Å². The third-order valence-corrected chi connectivity index (χ3v) is 5.49. The predicted octanol–water partition coefficient (Wildman–Crippen LogP) is 3.85. The van der Waals surface area contributed by atoms with Gasteiger partial charge in [-0.3, -0.25) is 4.99 Å². The molecule has 1 aliphatic heterocycles. The van der Waals surface area contributed by atoms with Crippen molar-refractivity contribution in [3.8, 4) is 5.75 Å². The Bertz CT molecular complexity index is 764. The number of rotatable bonds is 10. The van der Waals surface area contributed by atoms with Gasteiger partial charge < -0.3 is 24.8 Å². The van der Waals surface area contributed by atoms with Crippen molar-refractivity contribution in [2.75, 3.05) is 38.0 Å². The summed E-state index contributed by atoms with van der Waals surface area (Å²) in [6.45, 7) is 12.4. The zero-order valence-corrected chi connectivity index (χ0v) is 19.3. The zero-order chi connectivity index (χ0) is 21.9. The van der Waals surface area contributed by atoms with E-state index >= 15 is 0 Å². The topological polar surface area (TPSA) is 66.7 Å². The average molecular weight is 427 g/mol. The second kappa shape index (κ2) is 12.3. The van der Waals surface area contributed by atoms with E-state index in [1.807, 2.05) is 50.6 Å². The van der Waals surface area contributed by atoms with E-state index in [-0.39, 0.29) is 6.10 Å². The lowest BCUT2D eigenvalue weighted by Gasteiger charge is -2.29. The highest BCUT2D eigenvalue weighted by Crippen LogP contribution is 2.17. The van der Waals surface area contributed by atoms with Crippen LogP contribution in [0, 0.1) is 5.92 Å². The minimum absolute atomic E-state index is 0.170. The van der Waals surface area contributed by atoms with Gasteiger partial charge >= 0.3 is 0 Å². The Morgan fingerprint density at radius 2 is 1.97 bits per heavy atom. The number of ether oxygens (including phenoxy) is 1. The molecule has 0 aliphatic carbocycles. The normalized spacial score (nSPS) is 15.9. The fourth-order valence-electron chi connectivity index (χ4n) is 3.66. The first-order valence-electron chi connectivity index (χ1n) is 11.6. The summed E-state index contributed by atoms with van der Waals surface area (Å²) >= 11 is 0. The van der Waals surface area contributed by atoms with E-state index in [1.165, 1.54) is 25.9 Å². The van der Waals surface area contributed by atoms with Crippen LogP contribution in [0.1, 0.15) is 40.0 Å². The molecule has 0 spiro atoms. The summed E-state index contributed by atoms with van der Waals surface area (Å²) in [4.78, 5) is 11.5. The maximum atomic E-state index is 5.74. The largest absolute Gasteiger partial charge is 0.491 e. The molecule has 2 aromatic rings. The number of hydrogen-bond acceptors (Lipinski definition) is 4. The van der Waals surface area contributed by atoms with E-state index in [0.29, 0.717) is 0 Å². The molecule has 2 heterocycles. The molecule has 1 aromatic heterocycles. The number of piperidine rings is 1. The molecule has 0 bridgehead atoms. The number of anilines is 1. The summed E-state index contributed by atoms with van der Waals surface area (Å²) in [6.07, 6.45) is 9.49. The lowest BCUT2D eigenvalue weighted by atomic mass is 9.99. The van der Waals surface area contributed by atoms with Gasteiger partial charge in [0.15, 0.2) is 5.96 Å². The molecule has 0 saturated carbocycles. The van der Waals surface area contributed by atoms with Gasteiger partial charge in [-0.25, -0.2) is 4.98 Å². The monoisotopic (exact) mass is 426 g/mol. The number of nitrogens with zero attached hydrogens (tertiary/aromatic N) is 4. The average Bonchev–Trinajstić information content (AvgIpc) is 3.27. The van der Waals surface area contributed by atoms with Crippen LogP contribution in [0.5, 0.6) is 5.75 Å². The van der Waals surface area contributed by atoms with Crippen LogP contribution >= 0.6 is 0 Å². The second-order valence-electron chi connectivity index (χ2n) is 8.65. The van der Waals surface area contributed by atoms with Crippen LogP contribution in [0.3, 0.4) is 0 Å². The fraction of sp³-hybridized carbons (Fsp3) is 0.583. The van der Waals surface area contributed by atoms with Crippen LogP contribution in [0.15, 0.2) is 48.0 Å². The number of aliphatic imine (C=N–C) groups is 1. The molecule has 3 rings (SSSR count). The maximum Gasteiger partial charge on any atom is 0.195 e. The van der Waals surface area contributed by atoms with Crippen molar-refractivity contribution in [3.63, 3.8) is 0 Å². The standard InChI is InChI=1S/C24H38N6O/c1-20(2)31-23-7-5-22(6-8-23)28-24(27-13-18-30-17-12-25-19-30)26-11-4-14-29-15-9-21(3)10-16-29/h5-8,12,17,19-21H,4,9-11,13-16,18H2,1-3H3,(H2,26,27,28). The van der Waals surface area contributed by atoms with Gasteiger partial charge in [0.2, 0.25) is 0 Å². The highest BCUT2D eigenvalue weighted by atomic mass is 16.5. The highest BCUT2D eigenvalue weighted by Gasteiger charge is 2.14. The number of nitrogens with one attached hydrogen (secondary N) is 2. The molecule has 7 nitrogen and oxygen atoms in total. The fourth-order valence-corrected chi connectivity index (χ4v) is 3.66. The molecular formula is C24H38N6O. The van der Waals surface area contributed by atoms with Gasteiger partial charge in [-0.2, -0.15) is 0 Å². The molecular weight excluding hydrogens is 388 g/mol. The Hall–Kier alpha value is -2.54. The van der Waals surface area contributed by atoms with Crippen LogP contribution in [0.25, 0.3) is 0 Å². The van der Waals surface area contributed by atoms with E-state index in [4.69, 9.17) is 9.73 Å². The molecule has 0 amide bonds. The third kappa shape index (κ3) is 8.61. The van der Waals surface area contributed by atoms with Gasteiger partial charge in [-0.1, -0.05) is 6.92 Å². The Kier molecular flexibility index (Phi) is 9.21. The predicted molar refractivity (Wildman–Crippen MR) is 128 cm³/mol. The first-order valence-corrected chi connectivity index (χ1v) is 11.6. The first-order chi connectivity index (χ1) is 15.1. The van der Waals surface area contributed by atoms with E-state index in [1.54, 1.807) is 6.20 Å². The van der Waals surface area contributed by atoms with E-state index in [0.717, 1.165) is 55.9 Å². The number of likely N-dealkylation sites (tertiary alicyclic amines) is 1. The lowest BCUT2D eigenvalue weighted by Crippen LogP contribution is -2.35. The summed E-state index contributed by atoms with van der Waals surface area (Å²) in [7, 11) is 0. The van der Waals surface area contributed by atoms with Crippen molar-refractivity contribution in [3.05, 3.63) is 43.0 Å².